The molecule has 2 bridgehead atoms. The molecule has 3 unspecified atom stereocenters. The quantitative estimate of drug-likeness (QED) is 0.815. The van der Waals surface area contributed by atoms with E-state index in [1.807, 2.05) is 18.2 Å². The van der Waals surface area contributed by atoms with E-state index < -0.39 is 0 Å². The summed E-state index contributed by atoms with van der Waals surface area (Å²) in [6.07, 6.45) is 3.69. The van der Waals surface area contributed by atoms with Gasteiger partial charge in [-0.2, -0.15) is 5.26 Å². The maximum absolute atomic E-state index is 11.7. The molecule has 0 aromatic heterocycles. The fourth-order valence-corrected chi connectivity index (χ4v) is 3.68. The van der Waals surface area contributed by atoms with Crippen molar-refractivity contribution in [3.8, 4) is 6.07 Å². The molecule has 3 nitrogen and oxygen atoms in total. The Morgan fingerprint density at radius 2 is 2.00 bits per heavy atom. The predicted molar refractivity (Wildman–Crippen MR) is 72.5 cm³/mol. The number of Topliss-reactive ketones (excluding diaryl/α,β-unsaturated/α-hetero) is 1. The Bertz CT molecular complexity index is 530. The molecule has 3 rings (SSSR count). The summed E-state index contributed by atoms with van der Waals surface area (Å²) in [5, 5.41) is 9.00. The zero-order valence-corrected chi connectivity index (χ0v) is 11.2. The Labute approximate surface area is 113 Å². The molecular weight excluding hydrogens is 236 g/mol. The molecule has 2 aliphatic heterocycles. The second-order valence-corrected chi connectivity index (χ2v) is 5.69. The smallest absolute Gasteiger partial charge is 0.136 e. The zero-order chi connectivity index (χ0) is 13.4. The number of rotatable bonds is 2. The normalized spacial score (nSPS) is 28.1. The Morgan fingerprint density at radius 3 is 2.63 bits per heavy atom. The van der Waals surface area contributed by atoms with Gasteiger partial charge in [0.1, 0.15) is 5.78 Å². The third-order valence-electron chi connectivity index (χ3n) is 4.55. The molecule has 2 aliphatic rings. The van der Waals surface area contributed by atoms with E-state index in [2.05, 4.69) is 24.0 Å². The van der Waals surface area contributed by atoms with E-state index in [1.165, 1.54) is 5.56 Å². The van der Waals surface area contributed by atoms with Crippen molar-refractivity contribution >= 4 is 5.78 Å². The number of nitriles is 1. The van der Waals surface area contributed by atoms with Crippen LogP contribution in [0.25, 0.3) is 0 Å². The van der Waals surface area contributed by atoms with Crippen LogP contribution in [0.3, 0.4) is 0 Å². The van der Waals surface area contributed by atoms with Gasteiger partial charge in [-0.05, 0) is 37.5 Å². The summed E-state index contributed by atoms with van der Waals surface area (Å²) in [7, 11) is 0. The van der Waals surface area contributed by atoms with E-state index in [-0.39, 0.29) is 0 Å². The third-order valence-corrected chi connectivity index (χ3v) is 4.55. The summed E-state index contributed by atoms with van der Waals surface area (Å²) in [4.78, 5) is 14.2. The second kappa shape index (κ2) is 4.79. The molecule has 1 aromatic carbocycles. The molecule has 98 valence electrons. The molecule has 0 N–H and O–H groups in total. The molecule has 3 heteroatoms. The highest BCUT2D eigenvalue weighted by atomic mass is 16.1. The van der Waals surface area contributed by atoms with E-state index in [9.17, 15) is 4.79 Å². The first-order valence-electron chi connectivity index (χ1n) is 6.98. The Balaban J connectivity index is 1.86. The molecular formula is C16H18N2O. The minimum atomic E-state index is 0.291. The first-order valence-corrected chi connectivity index (χ1v) is 6.98. The van der Waals surface area contributed by atoms with Gasteiger partial charge in [-0.1, -0.05) is 12.1 Å². The van der Waals surface area contributed by atoms with Crippen LogP contribution in [-0.4, -0.2) is 22.8 Å². The van der Waals surface area contributed by atoms with Gasteiger partial charge in [-0.15, -0.1) is 0 Å². The summed E-state index contributed by atoms with van der Waals surface area (Å²) in [5.41, 5.74) is 1.90. The molecule has 3 atom stereocenters. The summed E-state index contributed by atoms with van der Waals surface area (Å²) in [5.74, 6) is 0.418. The third kappa shape index (κ3) is 2.17. The van der Waals surface area contributed by atoms with Crippen LogP contribution in [0.5, 0.6) is 0 Å². The van der Waals surface area contributed by atoms with Crippen LogP contribution < -0.4 is 0 Å². The van der Waals surface area contributed by atoms with Gasteiger partial charge in [0.2, 0.25) is 0 Å². The fourth-order valence-electron chi connectivity index (χ4n) is 3.68. The molecule has 0 radical (unpaired) electrons. The first kappa shape index (κ1) is 12.4. The minimum Gasteiger partial charge on any atom is -0.300 e. The molecule has 0 amide bonds. The lowest BCUT2D eigenvalue weighted by Gasteiger charge is -2.38. The van der Waals surface area contributed by atoms with Crippen LogP contribution in [-0.2, 0) is 4.79 Å². The molecule has 0 aliphatic carbocycles. The number of hydrogen-bond donors (Lipinski definition) is 0. The van der Waals surface area contributed by atoms with Gasteiger partial charge in [-0.25, -0.2) is 0 Å². The Kier molecular flexibility index (Phi) is 3.12. The molecule has 19 heavy (non-hydrogen) atoms. The number of carbonyl (C=O) groups is 1. The standard InChI is InChI=1S/C16H18N2O/c1-11(13-4-2-3-12(7-13)10-17)18-14-5-6-15(18)9-16(19)8-14/h2-4,7,11,14-15H,5-6,8-9H2,1H3. The number of nitrogens with zero attached hydrogens (tertiary/aromatic N) is 2. The largest absolute Gasteiger partial charge is 0.300 e. The lowest BCUT2D eigenvalue weighted by Crippen LogP contribution is -2.44. The van der Waals surface area contributed by atoms with Crippen LogP contribution in [0.2, 0.25) is 0 Å². The molecule has 1 aromatic rings. The van der Waals surface area contributed by atoms with Crippen LogP contribution in [0.1, 0.15) is 49.8 Å². The van der Waals surface area contributed by atoms with E-state index in [1.54, 1.807) is 0 Å². The maximum Gasteiger partial charge on any atom is 0.136 e. The van der Waals surface area contributed by atoms with E-state index in [0.29, 0.717) is 42.3 Å². The summed E-state index contributed by atoms with van der Waals surface area (Å²) in [6, 6.07) is 11.1. The van der Waals surface area contributed by atoms with Gasteiger partial charge in [0.05, 0.1) is 11.6 Å². The van der Waals surface area contributed by atoms with E-state index in [4.69, 9.17) is 5.26 Å². The SMILES string of the molecule is CC(c1cccc(C#N)c1)N1C2CCC1CC(=O)C2. The van der Waals surface area contributed by atoms with Crippen LogP contribution in [0.15, 0.2) is 24.3 Å². The molecule has 2 saturated heterocycles. The highest BCUT2D eigenvalue weighted by Crippen LogP contribution is 2.40. The summed E-state index contributed by atoms with van der Waals surface area (Å²) in [6.45, 7) is 2.19. The van der Waals surface area contributed by atoms with Gasteiger partial charge < -0.3 is 0 Å². The molecule has 0 saturated carbocycles. The Hall–Kier alpha value is -1.66. The number of benzene rings is 1. The lowest BCUT2D eigenvalue weighted by molar-refractivity contribution is -0.124. The number of fused-ring (bicyclic) bond motifs is 2. The van der Waals surface area contributed by atoms with E-state index in [0.717, 1.165) is 12.8 Å². The van der Waals surface area contributed by atoms with Crippen molar-refractivity contribution in [1.29, 1.82) is 5.26 Å². The average Bonchev–Trinajstić information content (AvgIpc) is 2.70. The van der Waals surface area contributed by atoms with Crippen molar-refractivity contribution in [3.05, 3.63) is 35.4 Å². The van der Waals surface area contributed by atoms with Crippen molar-refractivity contribution in [1.82, 2.24) is 4.90 Å². The highest BCUT2D eigenvalue weighted by molar-refractivity contribution is 5.81. The van der Waals surface area contributed by atoms with Crippen molar-refractivity contribution in [3.63, 3.8) is 0 Å². The summed E-state index contributed by atoms with van der Waals surface area (Å²) < 4.78 is 0. The van der Waals surface area contributed by atoms with Crippen molar-refractivity contribution in [2.24, 2.45) is 0 Å². The van der Waals surface area contributed by atoms with Gasteiger partial charge in [0, 0.05) is 31.0 Å². The average molecular weight is 254 g/mol. The maximum atomic E-state index is 11.7. The van der Waals surface area contributed by atoms with Crippen molar-refractivity contribution in [2.75, 3.05) is 0 Å². The topological polar surface area (TPSA) is 44.1 Å². The summed E-state index contributed by atoms with van der Waals surface area (Å²) >= 11 is 0. The van der Waals surface area contributed by atoms with Gasteiger partial charge >= 0.3 is 0 Å². The number of piperidine rings is 1. The lowest BCUT2D eigenvalue weighted by atomic mass is 9.96. The highest BCUT2D eigenvalue weighted by Gasteiger charge is 2.42. The van der Waals surface area contributed by atoms with E-state index >= 15 is 0 Å². The van der Waals surface area contributed by atoms with Crippen LogP contribution in [0, 0.1) is 11.3 Å². The minimum absolute atomic E-state index is 0.291. The van der Waals surface area contributed by atoms with Crippen molar-refractivity contribution in [2.45, 2.75) is 50.7 Å². The van der Waals surface area contributed by atoms with Crippen LogP contribution >= 0.6 is 0 Å². The first-order chi connectivity index (χ1) is 9.19. The molecule has 2 fully saturated rings. The monoisotopic (exact) mass is 254 g/mol. The second-order valence-electron chi connectivity index (χ2n) is 5.69. The zero-order valence-electron chi connectivity index (χ0n) is 11.2. The van der Waals surface area contributed by atoms with Gasteiger partial charge in [0.15, 0.2) is 0 Å². The van der Waals surface area contributed by atoms with Crippen LogP contribution in [0.4, 0.5) is 0 Å². The van der Waals surface area contributed by atoms with Crippen molar-refractivity contribution < 1.29 is 4.79 Å². The fraction of sp³-hybridized carbons (Fsp3) is 0.500. The van der Waals surface area contributed by atoms with Gasteiger partial charge in [0.25, 0.3) is 0 Å². The molecule has 0 spiro atoms. The van der Waals surface area contributed by atoms with Gasteiger partial charge in [-0.3, -0.25) is 9.69 Å². The predicted octanol–water partition coefficient (Wildman–Crippen LogP) is 2.82. The Morgan fingerprint density at radius 1 is 1.32 bits per heavy atom. The number of carbonyl (C=O) groups excluding carboxylic acids is 1. The molecule has 2 heterocycles. The number of hydrogen-bond acceptors (Lipinski definition) is 3. The number of ketones is 1.